The van der Waals surface area contributed by atoms with Gasteiger partial charge in [-0.2, -0.15) is 0 Å². The van der Waals surface area contributed by atoms with Gasteiger partial charge in [-0.3, -0.25) is 9.69 Å². The summed E-state index contributed by atoms with van der Waals surface area (Å²) in [5, 5.41) is 2.91. The first-order valence-electron chi connectivity index (χ1n) is 7.69. The van der Waals surface area contributed by atoms with Crippen molar-refractivity contribution in [3.8, 4) is 0 Å². The van der Waals surface area contributed by atoms with E-state index in [1.165, 1.54) is 9.21 Å². The lowest BCUT2D eigenvalue weighted by Crippen LogP contribution is -2.49. The van der Waals surface area contributed by atoms with Crippen molar-refractivity contribution in [3.05, 3.63) is 34.9 Å². The van der Waals surface area contributed by atoms with E-state index in [4.69, 9.17) is 11.6 Å². The van der Waals surface area contributed by atoms with Gasteiger partial charge in [0.05, 0.1) is 12.3 Å². The molecule has 1 aromatic carbocycles. The van der Waals surface area contributed by atoms with Crippen LogP contribution in [0.15, 0.2) is 24.3 Å². The molecular weight excluding hydrogens is 354 g/mol. The molecule has 2 saturated heterocycles. The number of sulfonamides is 1. The Bertz CT molecular complexity index is 744. The van der Waals surface area contributed by atoms with Crippen molar-refractivity contribution in [1.29, 1.82) is 0 Å². The molecule has 130 valence electrons. The van der Waals surface area contributed by atoms with E-state index >= 15 is 0 Å². The van der Waals surface area contributed by atoms with Crippen LogP contribution in [0.2, 0.25) is 5.02 Å². The maximum absolute atomic E-state index is 12.6. The Morgan fingerprint density at radius 1 is 1.17 bits per heavy atom. The highest BCUT2D eigenvalue weighted by atomic mass is 35.5. The van der Waals surface area contributed by atoms with Crippen molar-refractivity contribution >= 4 is 33.6 Å². The minimum absolute atomic E-state index is 0.0177. The Morgan fingerprint density at radius 3 is 2.42 bits per heavy atom. The molecular formula is C15H18ClN3O4S. The number of carbonyl (C=O) groups is 2. The average Bonchev–Trinajstić information content (AvgIpc) is 2.88. The van der Waals surface area contributed by atoms with Gasteiger partial charge in [-0.25, -0.2) is 17.5 Å². The highest BCUT2D eigenvalue weighted by Gasteiger charge is 2.38. The van der Waals surface area contributed by atoms with Crippen LogP contribution < -0.4 is 5.32 Å². The van der Waals surface area contributed by atoms with Crippen molar-refractivity contribution in [1.82, 2.24) is 14.5 Å². The number of amides is 3. The largest absolute Gasteiger partial charge is 0.329 e. The number of benzene rings is 1. The summed E-state index contributed by atoms with van der Waals surface area (Å²) in [6.45, 7) is 0.590. The number of hydrogen-bond acceptors (Lipinski definition) is 4. The van der Waals surface area contributed by atoms with Gasteiger partial charge in [0.15, 0.2) is 0 Å². The van der Waals surface area contributed by atoms with Gasteiger partial charge < -0.3 is 5.32 Å². The normalized spacial score (nSPS) is 20.5. The number of piperidine rings is 1. The Labute approximate surface area is 145 Å². The van der Waals surface area contributed by atoms with E-state index < -0.39 is 16.1 Å². The summed E-state index contributed by atoms with van der Waals surface area (Å²) < 4.78 is 26.6. The fourth-order valence-electron chi connectivity index (χ4n) is 3.09. The predicted molar refractivity (Wildman–Crippen MR) is 88.9 cm³/mol. The molecule has 0 spiro atoms. The van der Waals surface area contributed by atoms with Crippen LogP contribution in [0.5, 0.6) is 0 Å². The minimum atomic E-state index is -3.49. The molecule has 2 aliphatic heterocycles. The summed E-state index contributed by atoms with van der Waals surface area (Å²) in [7, 11) is -3.49. The van der Waals surface area contributed by atoms with Crippen LogP contribution in [0.4, 0.5) is 4.79 Å². The number of nitrogens with one attached hydrogen (secondary N) is 1. The molecule has 9 heteroatoms. The Balaban J connectivity index is 1.64. The van der Waals surface area contributed by atoms with E-state index in [-0.39, 0.29) is 37.3 Å². The lowest BCUT2D eigenvalue weighted by Gasteiger charge is -2.34. The molecule has 2 aliphatic rings. The van der Waals surface area contributed by atoms with Gasteiger partial charge in [0.1, 0.15) is 0 Å². The maximum Gasteiger partial charge on any atom is 0.324 e. The number of urea groups is 1. The van der Waals surface area contributed by atoms with E-state index in [0.29, 0.717) is 23.4 Å². The van der Waals surface area contributed by atoms with Gasteiger partial charge in [-0.15, -0.1) is 0 Å². The summed E-state index contributed by atoms with van der Waals surface area (Å²) in [5.74, 6) is -0.405. The fraction of sp³-hybridized carbons (Fsp3) is 0.467. The summed E-state index contributed by atoms with van der Waals surface area (Å²) in [6.07, 6.45) is 0.891. The first-order valence-corrected chi connectivity index (χ1v) is 9.68. The summed E-state index contributed by atoms with van der Waals surface area (Å²) in [5.41, 5.74) is 0.565. The lowest BCUT2D eigenvalue weighted by atomic mass is 10.1. The molecule has 0 saturated carbocycles. The molecule has 7 nitrogen and oxygen atoms in total. The number of imide groups is 1. The Kier molecular flexibility index (Phi) is 4.80. The number of carbonyl (C=O) groups excluding carboxylic acids is 2. The number of rotatable bonds is 4. The molecule has 3 amide bonds. The molecule has 2 heterocycles. The highest BCUT2D eigenvalue weighted by Crippen LogP contribution is 2.24. The van der Waals surface area contributed by atoms with Gasteiger partial charge >= 0.3 is 6.03 Å². The maximum atomic E-state index is 12.6. The monoisotopic (exact) mass is 371 g/mol. The second kappa shape index (κ2) is 6.70. The van der Waals surface area contributed by atoms with Crippen molar-refractivity contribution in [2.75, 3.05) is 19.6 Å². The molecule has 0 aromatic heterocycles. The highest BCUT2D eigenvalue weighted by molar-refractivity contribution is 7.88. The van der Waals surface area contributed by atoms with E-state index in [1.807, 2.05) is 0 Å². The average molecular weight is 372 g/mol. The molecule has 2 fully saturated rings. The number of nitrogens with zero attached hydrogens (tertiary/aromatic N) is 2. The fourth-order valence-corrected chi connectivity index (χ4v) is 4.96. The van der Waals surface area contributed by atoms with E-state index in [2.05, 4.69) is 5.32 Å². The smallest absolute Gasteiger partial charge is 0.324 e. The molecule has 0 radical (unpaired) electrons. The van der Waals surface area contributed by atoms with Gasteiger partial charge in [0.2, 0.25) is 15.9 Å². The third-order valence-corrected chi connectivity index (χ3v) is 6.55. The zero-order chi connectivity index (χ0) is 17.3. The zero-order valence-electron chi connectivity index (χ0n) is 12.9. The molecule has 0 aliphatic carbocycles. The topological polar surface area (TPSA) is 86.8 Å². The third kappa shape index (κ3) is 3.40. The quantitative estimate of drug-likeness (QED) is 0.805. The van der Waals surface area contributed by atoms with E-state index in [1.54, 1.807) is 24.3 Å². The van der Waals surface area contributed by atoms with Gasteiger partial charge in [0.25, 0.3) is 0 Å². The standard InChI is InChI=1S/C15H18ClN3O4S/c16-13-4-2-1-3-11(13)10-24(22,23)18-7-5-12(6-8-18)19-14(20)9-17-15(19)21/h1-4,12H,5-10H2,(H,17,21). The van der Waals surface area contributed by atoms with Crippen LogP contribution in [0, 0.1) is 0 Å². The summed E-state index contributed by atoms with van der Waals surface area (Å²) in [4.78, 5) is 24.6. The lowest BCUT2D eigenvalue weighted by molar-refractivity contribution is -0.127. The molecule has 1 N–H and O–H groups in total. The first kappa shape index (κ1) is 17.2. The number of hydrogen-bond donors (Lipinski definition) is 1. The van der Waals surface area contributed by atoms with Gasteiger partial charge in [-0.05, 0) is 24.5 Å². The Hall–Kier alpha value is -1.64. The van der Waals surface area contributed by atoms with Crippen LogP contribution in [0.1, 0.15) is 18.4 Å². The van der Waals surface area contributed by atoms with Crippen LogP contribution >= 0.6 is 11.6 Å². The number of halogens is 1. The Morgan fingerprint density at radius 2 is 1.83 bits per heavy atom. The SMILES string of the molecule is O=C1CNC(=O)N1C1CCN(S(=O)(=O)Cc2ccccc2Cl)CC1. The van der Waals surface area contributed by atoms with Crippen LogP contribution in [-0.2, 0) is 20.6 Å². The van der Waals surface area contributed by atoms with Crippen molar-refractivity contribution in [2.24, 2.45) is 0 Å². The summed E-state index contributed by atoms with van der Waals surface area (Å²) in [6, 6.07) is 6.22. The molecule has 3 rings (SSSR count). The molecule has 1 aromatic rings. The van der Waals surface area contributed by atoms with Crippen LogP contribution in [0.3, 0.4) is 0 Å². The van der Waals surface area contributed by atoms with Crippen LogP contribution in [0.25, 0.3) is 0 Å². The third-order valence-electron chi connectivity index (χ3n) is 4.36. The van der Waals surface area contributed by atoms with Crippen molar-refractivity contribution in [3.63, 3.8) is 0 Å². The second-order valence-electron chi connectivity index (χ2n) is 5.90. The van der Waals surface area contributed by atoms with Crippen molar-refractivity contribution < 1.29 is 18.0 Å². The predicted octanol–water partition coefficient (Wildman–Crippen LogP) is 1.19. The van der Waals surface area contributed by atoms with Gasteiger partial charge in [-0.1, -0.05) is 29.8 Å². The van der Waals surface area contributed by atoms with Crippen molar-refractivity contribution in [2.45, 2.75) is 24.6 Å². The van der Waals surface area contributed by atoms with E-state index in [9.17, 15) is 18.0 Å². The zero-order valence-corrected chi connectivity index (χ0v) is 14.5. The molecule has 0 atom stereocenters. The second-order valence-corrected chi connectivity index (χ2v) is 8.28. The molecule has 24 heavy (non-hydrogen) atoms. The van der Waals surface area contributed by atoms with Gasteiger partial charge in [0, 0.05) is 24.2 Å². The molecule has 0 bridgehead atoms. The molecule has 0 unspecified atom stereocenters. The first-order chi connectivity index (χ1) is 11.4. The van der Waals surface area contributed by atoms with E-state index in [0.717, 1.165) is 0 Å². The summed E-state index contributed by atoms with van der Waals surface area (Å²) >= 11 is 6.04. The minimum Gasteiger partial charge on any atom is -0.329 e. The van der Waals surface area contributed by atoms with Crippen LogP contribution in [-0.4, -0.2) is 55.2 Å².